The predicted octanol–water partition coefficient (Wildman–Crippen LogP) is -0.192. The number of carbonyl (C=O) groups is 2. The highest BCUT2D eigenvalue weighted by molar-refractivity contribution is 5.82. The maximum absolute atomic E-state index is 11.8. The molecule has 1 aromatic rings. The molecule has 0 saturated carbocycles. The Morgan fingerprint density at radius 2 is 2.05 bits per heavy atom. The van der Waals surface area contributed by atoms with Gasteiger partial charge in [-0.1, -0.05) is 0 Å². The molecule has 118 valence electrons. The van der Waals surface area contributed by atoms with Crippen molar-refractivity contribution in [3.63, 3.8) is 0 Å². The minimum Gasteiger partial charge on any atom is -0.480 e. The molecule has 1 aromatic heterocycles. The standard InChI is InChI=1S/C14H19N5O3/c1-17-5-6-18(8-13(17)20)11-7-12(16-9-15-11)19-4-2-3-10(19)14(21)22/h7,9-10H,2-6,8H2,1H3,(H,21,22)/t10-/m0/s1. The van der Waals surface area contributed by atoms with Gasteiger partial charge >= 0.3 is 5.97 Å². The Balaban J connectivity index is 1.81. The highest BCUT2D eigenvalue weighted by atomic mass is 16.4. The molecular formula is C14H19N5O3. The third kappa shape index (κ3) is 2.68. The molecule has 1 N–H and O–H groups in total. The molecule has 8 heteroatoms. The maximum atomic E-state index is 11.8. The van der Waals surface area contributed by atoms with E-state index in [0.29, 0.717) is 37.7 Å². The normalized spacial score (nSPS) is 22.3. The van der Waals surface area contributed by atoms with Crippen LogP contribution in [0.25, 0.3) is 0 Å². The quantitative estimate of drug-likeness (QED) is 0.827. The fourth-order valence-corrected chi connectivity index (χ4v) is 2.92. The molecule has 1 amide bonds. The minimum absolute atomic E-state index is 0.0518. The second-order valence-corrected chi connectivity index (χ2v) is 5.66. The van der Waals surface area contributed by atoms with Crippen molar-refractivity contribution in [2.45, 2.75) is 18.9 Å². The molecule has 1 atom stereocenters. The molecule has 2 fully saturated rings. The van der Waals surface area contributed by atoms with Gasteiger partial charge in [0.15, 0.2) is 0 Å². The van der Waals surface area contributed by atoms with E-state index in [9.17, 15) is 14.7 Å². The van der Waals surface area contributed by atoms with Gasteiger partial charge in [0.2, 0.25) is 5.91 Å². The van der Waals surface area contributed by atoms with Crippen LogP contribution >= 0.6 is 0 Å². The molecule has 0 bridgehead atoms. The first-order chi connectivity index (χ1) is 10.6. The van der Waals surface area contributed by atoms with Gasteiger partial charge in [-0.2, -0.15) is 0 Å². The summed E-state index contributed by atoms with van der Waals surface area (Å²) in [7, 11) is 1.78. The van der Waals surface area contributed by atoms with Crippen molar-refractivity contribution in [3.8, 4) is 0 Å². The number of carboxylic acid groups (broad SMARTS) is 1. The van der Waals surface area contributed by atoms with Gasteiger partial charge in [-0.15, -0.1) is 0 Å². The Morgan fingerprint density at radius 1 is 1.27 bits per heavy atom. The van der Waals surface area contributed by atoms with E-state index in [1.807, 2.05) is 4.90 Å². The van der Waals surface area contributed by atoms with E-state index in [-0.39, 0.29) is 12.5 Å². The van der Waals surface area contributed by atoms with Crippen LogP contribution in [0.3, 0.4) is 0 Å². The Kier molecular flexibility index (Phi) is 3.82. The number of rotatable bonds is 3. The Labute approximate surface area is 128 Å². The summed E-state index contributed by atoms with van der Waals surface area (Å²) in [5, 5.41) is 9.28. The van der Waals surface area contributed by atoms with Crippen LogP contribution in [0, 0.1) is 0 Å². The molecule has 0 spiro atoms. The minimum atomic E-state index is -0.826. The van der Waals surface area contributed by atoms with Crippen LogP contribution in [0.2, 0.25) is 0 Å². The van der Waals surface area contributed by atoms with E-state index in [1.54, 1.807) is 22.9 Å². The molecule has 0 unspecified atom stereocenters. The molecule has 0 aliphatic carbocycles. The van der Waals surface area contributed by atoms with Crippen LogP contribution < -0.4 is 9.80 Å². The summed E-state index contributed by atoms with van der Waals surface area (Å²) in [6, 6.07) is 1.25. The first-order valence-electron chi connectivity index (χ1n) is 7.36. The molecule has 8 nitrogen and oxygen atoms in total. The summed E-state index contributed by atoms with van der Waals surface area (Å²) in [6.07, 6.45) is 2.90. The van der Waals surface area contributed by atoms with E-state index < -0.39 is 12.0 Å². The van der Waals surface area contributed by atoms with E-state index in [1.165, 1.54) is 6.33 Å². The number of aliphatic carboxylic acids is 1. The number of hydrogen-bond donors (Lipinski definition) is 1. The zero-order valence-electron chi connectivity index (χ0n) is 12.5. The van der Waals surface area contributed by atoms with Crippen molar-refractivity contribution in [2.24, 2.45) is 0 Å². The van der Waals surface area contributed by atoms with E-state index in [2.05, 4.69) is 9.97 Å². The Bertz CT molecular complexity index is 594. The van der Waals surface area contributed by atoms with E-state index in [0.717, 1.165) is 6.42 Å². The van der Waals surface area contributed by atoms with Crippen molar-refractivity contribution in [2.75, 3.05) is 43.0 Å². The van der Waals surface area contributed by atoms with Gasteiger partial charge in [0, 0.05) is 32.7 Å². The fourth-order valence-electron chi connectivity index (χ4n) is 2.92. The number of amides is 1. The monoisotopic (exact) mass is 305 g/mol. The summed E-state index contributed by atoms with van der Waals surface area (Å²) < 4.78 is 0. The molecule has 0 radical (unpaired) electrons. The van der Waals surface area contributed by atoms with E-state index >= 15 is 0 Å². The Hall–Kier alpha value is -2.38. The number of carbonyl (C=O) groups excluding carboxylic acids is 1. The van der Waals surface area contributed by atoms with Crippen LogP contribution in [-0.4, -0.2) is 71.1 Å². The van der Waals surface area contributed by atoms with Gasteiger partial charge in [-0.3, -0.25) is 4.79 Å². The second-order valence-electron chi connectivity index (χ2n) is 5.66. The lowest BCUT2D eigenvalue weighted by Crippen LogP contribution is -2.49. The number of carboxylic acids is 1. The van der Waals surface area contributed by atoms with Crippen LogP contribution in [0.1, 0.15) is 12.8 Å². The summed E-state index contributed by atoms with van der Waals surface area (Å²) in [5.74, 6) is 0.507. The van der Waals surface area contributed by atoms with E-state index in [4.69, 9.17) is 0 Å². The smallest absolute Gasteiger partial charge is 0.326 e. The third-order valence-corrected chi connectivity index (χ3v) is 4.25. The van der Waals surface area contributed by atoms with Gasteiger partial charge in [0.25, 0.3) is 0 Å². The van der Waals surface area contributed by atoms with Gasteiger partial charge in [0.05, 0.1) is 6.54 Å². The largest absolute Gasteiger partial charge is 0.480 e. The fraction of sp³-hybridized carbons (Fsp3) is 0.571. The summed E-state index contributed by atoms with van der Waals surface area (Å²) >= 11 is 0. The highest BCUT2D eigenvalue weighted by Gasteiger charge is 2.32. The lowest BCUT2D eigenvalue weighted by Gasteiger charge is -2.33. The zero-order valence-corrected chi connectivity index (χ0v) is 12.5. The Morgan fingerprint density at radius 3 is 2.77 bits per heavy atom. The molecule has 3 heterocycles. The van der Waals surface area contributed by atoms with Crippen molar-refractivity contribution in [1.29, 1.82) is 0 Å². The average Bonchev–Trinajstić information content (AvgIpc) is 3.00. The molecular weight excluding hydrogens is 286 g/mol. The lowest BCUT2D eigenvalue weighted by atomic mass is 10.2. The van der Waals surface area contributed by atoms with Gasteiger partial charge in [-0.05, 0) is 12.8 Å². The number of anilines is 2. The average molecular weight is 305 g/mol. The van der Waals surface area contributed by atoms with Crippen LogP contribution in [0.4, 0.5) is 11.6 Å². The first kappa shape index (κ1) is 14.6. The molecule has 22 heavy (non-hydrogen) atoms. The molecule has 0 aromatic carbocycles. The lowest BCUT2D eigenvalue weighted by molar-refractivity contribution is -0.138. The summed E-state index contributed by atoms with van der Waals surface area (Å²) in [5.41, 5.74) is 0. The highest BCUT2D eigenvalue weighted by Crippen LogP contribution is 2.26. The SMILES string of the molecule is CN1CCN(c2cc(N3CCC[C@H]3C(=O)O)ncn2)CC1=O. The molecule has 3 rings (SSSR count). The number of piperazine rings is 1. The maximum Gasteiger partial charge on any atom is 0.326 e. The molecule has 2 aliphatic rings. The van der Waals surface area contributed by atoms with Crippen LogP contribution in [0.15, 0.2) is 12.4 Å². The third-order valence-electron chi connectivity index (χ3n) is 4.25. The second kappa shape index (κ2) is 5.78. The molecule has 2 aliphatic heterocycles. The predicted molar refractivity (Wildman–Crippen MR) is 79.9 cm³/mol. The number of hydrogen-bond acceptors (Lipinski definition) is 6. The van der Waals surface area contributed by atoms with Gasteiger partial charge < -0.3 is 19.8 Å². The van der Waals surface area contributed by atoms with Gasteiger partial charge in [-0.25, -0.2) is 14.8 Å². The van der Waals surface area contributed by atoms with Crippen LogP contribution in [0.5, 0.6) is 0 Å². The van der Waals surface area contributed by atoms with Crippen LogP contribution in [-0.2, 0) is 9.59 Å². The number of aromatic nitrogens is 2. The first-order valence-corrected chi connectivity index (χ1v) is 7.36. The van der Waals surface area contributed by atoms with Crippen molar-refractivity contribution >= 4 is 23.5 Å². The van der Waals surface area contributed by atoms with Crippen molar-refractivity contribution in [3.05, 3.63) is 12.4 Å². The molecule has 2 saturated heterocycles. The number of likely N-dealkylation sites (N-methyl/N-ethyl adjacent to an activating group) is 1. The van der Waals surface area contributed by atoms with Gasteiger partial charge in [0.1, 0.15) is 24.0 Å². The summed E-state index contributed by atoms with van der Waals surface area (Å²) in [6.45, 7) is 2.32. The zero-order chi connectivity index (χ0) is 15.7. The topological polar surface area (TPSA) is 89.9 Å². The van der Waals surface area contributed by atoms with Crippen molar-refractivity contribution < 1.29 is 14.7 Å². The van der Waals surface area contributed by atoms with Crippen molar-refractivity contribution in [1.82, 2.24) is 14.9 Å². The number of nitrogens with zero attached hydrogens (tertiary/aromatic N) is 5. The summed E-state index contributed by atoms with van der Waals surface area (Å²) in [4.78, 5) is 37.0.